The van der Waals surface area contributed by atoms with Gasteiger partial charge in [-0.05, 0) is 13.8 Å². The van der Waals surface area contributed by atoms with Gasteiger partial charge >= 0.3 is 5.97 Å². The van der Waals surface area contributed by atoms with Crippen LogP contribution in [0.5, 0.6) is 0 Å². The Morgan fingerprint density at radius 1 is 1.85 bits per heavy atom. The average molecular weight is 203 g/mol. The van der Waals surface area contributed by atoms with E-state index in [1.54, 1.807) is 13.8 Å². The summed E-state index contributed by atoms with van der Waals surface area (Å²) in [6.07, 6.45) is 0. The largest absolute Gasteiger partial charge is 0.465 e. The first kappa shape index (κ1) is 10.3. The van der Waals surface area contributed by atoms with E-state index in [-0.39, 0.29) is 22.4 Å². The number of hydrogen-bond donors (Lipinski definition) is 2. The lowest BCUT2D eigenvalue weighted by Crippen LogP contribution is -2.42. The third-order valence-electron chi connectivity index (χ3n) is 1.87. The van der Waals surface area contributed by atoms with Gasteiger partial charge in [0.1, 0.15) is 5.25 Å². The number of hydrazine groups is 1. The molecular weight excluding hydrogens is 190 g/mol. The molecule has 0 aromatic heterocycles. The molecule has 1 fully saturated rings. The molecule has 1 saturated heterocycles. The molecule has 0 bridgehead atoms. The van der Waals surface area contributed by atoms with Crippen LogP contribution in [0.4, 0.5) is 0 Å². The number of ether oxygens (including phenoxy) is 1. The van der Waals surface area contributed by atoms with E-state index in [4.69, 9.17) is 16.0 Å². The molecule has 1 aliphatic heterocycles. The summed E-state index contributed by atoms with van der Waals surface area (Å²) in [5.74, 6) is 5.23. The molecule has 1 heterocycles. The minimum absolute atomic E-state index is 0.170. The molecule has 74 valence electrons. The van der Waals surface area contributed by atoms with Crippen LogP contribution < -0.4 is 5.84 Å². The zero-order valence-corrected chi connectivity index (χ0v) is 8.43. The molecule has 0 spiro atoms. The highest BCUT2D eigenvalue weighted by atomic mass is 32.2. The first-order valence-electron chi connectivity index (χ1n) is 4.03. The Bertz CT molecular complexity index is 234. The highest BCUT2D eigenvalue weighted by Gasteiger charge is 2.39. The molecule has 1 rings (SSSR count). The Hall–Kier alpha value is -0.750. The summed E-state index contributed by atoms with van der Waals surface area (Å²) in [5, 5.41) is 8.53. The maximum Gasteiger partial charge on any atom is 0.321 e. The van der Waals surface area contributed by atoms with Crippen molar-refractivity contribution in [3.8, 4) is 0 Å². The normalized spacial score (nSPS) is 27.9. The number of amidine groups is 1. The number of thioether (sulfide) groups is 1. The van der Waals surface area contributed by atoms with Crippen molar-refractivity contribution in [3.05, 3.63) is 0 Å². The summed E-state index contributed by atoms with van der Waals surface area (Å²) in [7, 11) is 0. The van der Waals surface area contributed by atoms with Crippen LogP contribution in [0.1, 0.15) is 13.8 Å². The van der Waals surface area contributed by atoms with Gasteiger partial charge in [0.05, 0.1) is 12.6 Å². The van der Waals surface area contributed by atoms with E-state index in [0.29, 0.717) is 6.61 Å². The van der Waals surface area contributed by atoms with E-state index in [1.165, 1.54) is 5.01 Å². The van der Waals surface area contributed by atoms with Gasteiger partial charge in [-0.1, -0.05) is 11.8 Å². The Morgan fingerprint density at radius 2 is 2.46 bits per heavy atom. The quantitative estimate of drug-likeness (QED) is 0.494. The zero-order valence-electron chi connectivity index (χ0n) is 7.61. The molecule has 0 aromatic carbocycles. The van der Waals surface area contributed by atoms with Gasteiger partial charge in [-0.15, -0.1) is 0 Å². The van der Waals surface area contributed by atoms with Crippen LogP contribution in [-0.2, 0) is 9.53 Å². The lowest BCUT2D eigenvalue weighted by molar-refractivity contribution is -0.143. The van der Waals surface area contributed by atoms with E-state index < -0.39 is 0 Å². The summed E-state index contributed by atoms with van der Waals surface area (Å²) >= 11 is 1.14. The van der Waals surface area contributed by atoms with E-state index in [9.17, 15) is 4.79 Å². The smallest absolute Gasteiger partial charge is 0.321 e. The molecular formula is C7H13N3O2S. The molecule has 0 radical (unpaired) electrons. The number of esters is 1. The first-order chi connectivity index (χ1) is 6.07. The predicted octanol–water partition coefficient (Wildman–Crippen LogP) is 0.164. The summed E-state index contributed by atoms with van der Waals surface area (Å²) in [4.78, 5) is 11.3. The molecule has 2 atom stereocenters. The van der Waals surface area contributed by atoms with Gasteiger partial charge in [-0.3, -0.25) is 15.2 Å². The van der Waals surface area contributed by atoms with Crippen LogP contribution >= 0.6 is 11.8 Å². The summed E-state index contributed by atoms with van der Waals surface area (Å²) < 4.78 is 4.85. The number of rotatable bonds is 2. The monoisotopic (exact) mass is 203 g/mol. The van der Waals surface area contributed by atoms with Crippen LogP contribution in [0, 0.1) is 5.41 Å². The van der Waals surface area contributed by atoms with Crippen molar-refractivity contribution < 1.29 is 9.53 Å². The molecule has 6 heteroatoms. The van der Waals surface area contributed by atoms with Crippen molar-refractivity contribution in [2.45, 2.75) is 25.1 Å². The Kier molecular flexibility index (Phi) is 3.16. The minimum Gasteiger partial charge on any atom is -0.465 e. The number of carbonyl (C=O) groups is 1. The molecule has 0 amide bonds. The van der Waals surface area contributed by atoms with Crippen molar-refractivity contribution in [2.75, 3.05) is 6.61 Å². The van der Waals surface area contributed by atoms with E-state index in [0.717, 1.165) is 11.8 Å². The molecule has 1 aliphatic rings. The van der Waals surface area contributed by atoms with Gasteiger partial charge < -0.3 is 4.74 Å². The van der Waals surface area contributed by atoms with Gasteiger partial charge in [-0.25, -0.2) is 5.84 Å². The lowest BCUT2D eigenvalue weighted by Gasteiger charge is -2.17. The zero-order chi connectivity index (χ0) is 10.0. The third-order valence-corrected chi connectivity index (χ3v) is 3.14. The first-order valence-corrected chi connectivity index (χ1v) is 4.91. The molecule has 13 heavy (non-hydrogen) atoms. The number of carbonyl (C=O) groups excluding carboxylic acids is 1. The van der Waals surface area contributed by atoms with Crippen LogP contribution in [-0.4, -0.2) is 34.0 Å². The van der Waals surface area contributed by atoms with Crippen LogP contribution in [0.15, 0.2) is 0 Å². The van der Waals surface area contributed by atoms with Crippen molar-refractivity contribution in [2.24, 2.45) is 5.84 Å². The fourth-order valence-electron chi connectivity index (χ4n) is 1.08. The Balaban J connectivity index is 2.62. The van der Waals surface area contributed by atoms with E-state index in [1.807, 2.05) is 0 Å². The van der Waals surface area contributed by atoms with Crippen molar-refractivity contribution in [1.82, 2.24) is 5.01 Å². The third kappa shape index (κ3) is 1.94. The van der Waals surface area contributed by atoms with Gasteiger partial charge in [0.2, 0.25) is 0 Å². The van der Waals surface area contributed by atoms with Crippen molar-refractivity contribution >= 4 is 22.9 Å². The van der Waals surface area contributed by atoms with Gasteiger partial charge in [0.15, 0.2) is 5.17 Å². The number of nitrogens with two attached hydrogens (primary N) is 1. The highest BCUT2D eigenvalue weighted by molar-refractivity contribution is 8.15. The molecule has 3 N–H and O–H groups in total. The standard InChI is InChI=1S/C7H13N3O2S/c1-3-12-6(11)5-4(2)10(9)7(8)13-5/h4-5,8H,3,9H2,1-2H3/t4-,5-/m0/s1. The molecule has 0 saturated carbocycles. The highest BCUT2D eigenvalue weighted by Crippen LogP contribution is 2.28. The lowest BCUT2D eigenvalue weighted by atomic mass is 10.2. The topological polar surface area (TPSA) is 79.4 Å². The minimum atomic E-state index is -0.363. The SMILES string of the molecule is CCOC(=O)[C@H]1SC(=N)N(N)[C@H]1C. The van der Waals surface area contributed by atoms with Gasteiger partial charge in [0, 0.05) is 0 Å². The number of hydrogen-bond acceptors (Lipinski definition) is 5. The van der Waals surface area contributed by atoms with Crippen LogP contribution in [0.25, 0.3) is 0 Å². The second-order valence-electron chi connectivity index (χ2n) is 2.74. The molecule has 0 unspecified atom stereocenters. The maximum absolute atomic E-state index is 11.3. The van der Waals surface area contributed by atoms with Gasteiger partial charge in [-0.2, -0.15) is 0 Å². The van der Waals surface area contributed by atoms with Crippen LogP contribution in [0.2, 0.25) is 0 Å². The fraction of sp³-hybridized carbons (Fsp3) is 0.714. The molecule has 5 nitrogen and oxygen atoms in total. The van der Waals surface area contributed by atoms with Crippen LogP contribution in [0.3, 0.4) is 0 Å². The number of nitrogens with one attached hydrogen (secondary N) is 1. The summed E-state index contributed by atoms with van der Waals surface area (Å²) in [6.45, 7) is 3.92. The van der Waals surface area contributed by atoms with Gasteiger partial charge in [0.25, 0.3) is 0 Å². The van der Waals surface area contributed by atoms with Crippen molar-refractivity contribution in [1.29, 1.82) is 5.41 Å². The summed E-state index contributed by atoms with van der Waals surface area (Å²) in [5.41, 5.74) is 0. The Morgan fingerprint density at radius 3 is 2.85 bits per heavy atom. The van der Waals surface area contributed by atoms with Crippen molar-refractivity contribution in [3.63, 3.8) is 0 Å². The van der Waals surface area contributed by atoms with E-state index in [2.05, 4.69) is 0 Å². The molecule has 0 aromatic rings. The van der Waals surface area contributed by atoms with E-state index >= 15 is 0 Å². The molecule has 0 aliphatic carbocycles. The predicted molar refractivity (Wildman–Crippen MR) is 51.2 cm³/mol. The Labute approximate surface area is 81.1 Å². The number of nitrogens with zero attached hydrogens (tertiary/aromatic N) is 1. The fourth-order valence-corrected chi connectivity index (χ4v) is 2.10. The average Bonchev–Trinajstić information content (AvgIpc) is 2.33. The second kappa shape index (κ2) is 3.97. The maximum atomic E-state index is 11.3. The second-order valence-corrected chi connectivity index (χ2v) is 3.87. The summed E-state index contributed by atoms with van der Waals surface area (Å²) in [6, 6.07) is -0.170.